The van der Waals surface area contributed by atoms with Crippen LogP contribution in [0.15, 0.2) is 35.2 Å². The molecule has 6 nitrogen and oxygen atoms in total. The molecule has 0 unspecified atom stereocenters. The van der Waals surface area contributed by atoms with E-state index in [9.17, 15) is 9.59 Å². The lowest BCUT2D eigenvalue weighted by atomic mass is 10.1. The van der Waals surface area contributed by atoms with E-state index in [1.54, 1.807) is 28.5 Å². The fourth-order valence-electron chi connectivity index (χ4n) is 2.66. The Labute approximate surface area is 183 Å². The lowest BCUT2D eigenvalue weighted by molar-refractivity contribution is -0.113. The zero-order chi connectivity index (χ0) is 21.2. The van der Waals surface area contributed by atoms with Crippen LogP contribution in [0.5, 0.6) is 0 Å². The van der Waals surface area contributed by atoms with Crippen molar-refractivity contribution >= 4 is 52.4 Å². The number of benzene rings is 1. The molecule has 3 rings (SSSR count). The van der Waals surface area contributed by atoms with E-state index < -0.39 is 5.60 Å². The van der Waals surface area contributed by atoms with Crippen molar-refractivity contribution in [2.45, 2.75) is 32.8 Å². The van der Waals surface area contributed by atoms with Crippen molar-refractivity contribution in [2.75, 3.05) is 18.4 Å². The summed E-state index contributed by atoms with van der Waals surface area (Å²) in [6.45, 7) is 6.24. The lowest BCUT2D eigenvalue weighted by Gasteiger charge is -2.29. The Kier molecular flexibility index (Phi) is 6.51. The molecule has 0 fully saturated rings. The van der Waals surface area contributed by atoms with Gasteiger partial charge in [0.2, 0.25) is 0 Å². The average molecular weight is 454 g/mol. The number of nitrogens with zero attached hydrogens (tertiary/aromatic N) is 2. The predicted molar refractivity (Wildman–Crippen MR) is 117 cm³/mol. The minimum Gasteiger partial charge on any atom is -0.444 e. The number of amides is 2. The summed E-state index contributed by atoms with van der Waals surface area (Å²) in [7, 11) is 0. The predicted octanol–water partition coefficient (Wildman–Crippen LogP) is 5.62. The van der Waals surface area contributed by atoms with E-state index in [1.165, 1.54) is 11.3 Å². The van der Waals surface area contributed by atoms with Gasteiger partial charge >= 0.3 is 6.09 Å². The van der Waals surface area contributed by atoms with Crippen LogP contribution < -0.4 is 5.32 Å². The lowest BCUT2D eigenvalue weighted by Crippen LogP contribution is -2.40. The smallest absolute Gasteiger partial charge is 0.410 e. The highest BCUT2D eigenvalue weighted by molar-refractivity contribution is 7.13. The molecule has 2 aromatic rings. The van der Waals surface area contributed by atoms with Gasteiger partial charge in [-0.15, -0.1) is 11.3 Å². The van der Waals surface area contributed by atoms with Crippen LogP contribution in [0.25, 0.3) is 10.6 Å². The number of anilines is 1. The van der Waals surface area contributed by atoms with Crippen LogP contribution in [-0.4, -0.2) is 40.6 Å². The van der Waals surface area contributed by atoms with Crippen LogP contribution in [0.4, 0.5) is 10.6 Å². The van der Waals surface area contributed by atoms with Gasteiger partial charge in [-0.1, -0.05) is 35.3 Å². The number of nitrogens with one attached hydrogen (secondary N) is 1. The number of ether oxygens (including phenoxy) is 1. The number of aromatic nitrogens is 1. The molecular formula is C20H21Cl2N3O3S. The van der Waals surface area contributed by atoms with Crippen molar-refractivity contribution in [2.24, 2.45) is 0 Å². The number of hydrogen-bond donors (Lipinski definition) is 1. The molecule has 0 saturated heterocycles. The Morgan fingerprint density at radius 3 is 2.62 bits per heavy atom. The summed E-state index contributed by atoms with van der Waals surface area (Å²) in [5.41, 5.74) is 0.901. The van der Waals surface area contributed by atoms with Crippen molar-refractivity contribution in [3.63, 3.8) is 0 Å². The minimum atomic E-state index is -0.547. The van der Waals surface area contributed by atoms with E-state index >= 15 is 0 Å². The highest BCUT2D eigenvalue weighted by Gasteiger charge is 2.25. The normalized spacial score (nSPS) is 14.4. The molecule has 1 aliphatic rings. The maximum absolute atomic E-state index is 12.5. The van der Waals surface area contributed by atoms with Gasteiger partial charge in [-0.2, -0.15) is 0 Å². The molecular weight excluding hydrogens is 433 g/mol. The summed E-state index contributed by atoms with van der Waals surface area (Å²) in [4.78, 5) is 30.7. The van der Waals surface area contributed by atoms with Crippen LogP contribution in [0.1, 0.15) is 27.2 Å². The van der Waals surface area contributed by atoms with Crippen molar-refractivity contribution < 1.29 is 14.3 Å². The number of thiazole rings is 1. The molecule has 1 aliphatic heterocycles. The second-order valence-corrected chi connectivity index (χ2v) is 9.20. The number of rotatable bonds is 3. The first-order valence-electron chi connectivity index (χ1n) is 9.01. The quantitative estimate of drug-likeness (QED) is 0.653. The molecule has 2 amide bonds. The number of carbonyl (C=O) groups excluding carboxylic acids is 2. The first-order chi connectivity index (χ1) is 13.6. The van der Waals surface area contributed by atoms with E-state index in [-0.39, 0.29) is 12.0 Å². The molecule has 9 heteroatoms. The maximum Gasteiger partial charge on any atom is 0.410 e. The van der Waals surface area contributed by atoms with Gasteiger partial charge in [-0.25, -0.2) is 9.78 Å². The van der Waals surface area contributed by atoms with Crippen molar-refractivity contribution in [1.82, 2.24) is 9.88 Å². The standard InChI is InChI=1S/C20H21Cl2N3O3S/c1-20(2,3)28-19(27)25-8-6-12(7-9-25)17(26)23-16-11-29-18(24-16)13-4-5-14(21)15(22)10-13/h4-6,10-11H,7-9H2,1-3H3,(H,23,26). The Morgan fingerprint density at radius 2 is 2.00 bits per heavy atom. The Balaban J connectivity index is 1.61. The molecule has 29 heavy (non-hydrogen) atoms. The molecule has 154 valence electrons. The third kappa shape index (κ3) is 5.72. The van der Waals surface area contributed by atoms with Crippen LogP contribution in [0.2, 0.25) is 10.0 Å². The van der Waals surface area contributed by atoms with Gasteiger partial charge in [0.05, 0.1) is 10.0 Å². The molecule has 0 saturated carbocycles. The number of carbonyl (C=O) groups is 2. The van der Waals surface area contributed by atoms with Gasteiger partial charge in [0, 0.05) is 29.6 Å². The summed E-state index contributed by atoms with van der Waals surface area (Å²) in [6.07, 6.45) is 1.82. The second kappa shape index (κ2) is 8.73. The third-order valence-electron chi connectivity index (χ3n) is 4.06. The topological polar surface area (TPSA) is 71.5 Å². The monoisotopic (exact) mass is 453 g/mol. The minimum absolute atomic E-state index is 0.222. The fourth-order valence-corrected chi connectivity index (χ4v) is 3.70. The first kappa shape index (κ1) is 21.6. The molecule has 1 aromatic heterocycles. The van der Waals surface area contributed by atoms with Crippen LogP contribution in [0.3, 0.4) is 0 Å². The Morgan fingerprint density at radius 1 is 1.24 bits per heavy atom. The van der Waals surface area contributed by atoms with Gasteiger partial charge < -0.3 is 15.0 Å². The molecule has 1 aromatic carbocycles. The molecule has 0 radical (unpaired) electrons. The van der Waals surface area contributed by atoms with Crippen LogP contribution in [0, 0.1) is 0 Å². The summed E-state index contributed by atoms with van der Waals surface area (Å²) in [6, 6.07) is 5.28. The van der Waals surface area contributed by atoms with Crippen LogP contribution >= 0.6 is 34.5 Å². The van der Waals surface area contributed by atoms with Crippen molar-refractivity contribution in [3.8, 4) is 10.6 Å². The van der Waals surface area contributed by atoms with E-state index in [1.807, 2.05) is 26.8 Å². The summed E-state index contributed by atoms with van der Waals surface area (Å²) < 4.78 is 5.36. The van der Waals surface area contributed by atoms with E-state index in [2.05, 4.69) is 10.3 Å². The fraction of sp³-hybridized carbons (Fsp3) is 0.350. The van der Waals surface area contributed by atoms with Gasteiger partial charge in [0.1, 0.15) is 16.4 Å². The van der Waals surface area contributed by atoms with Gasteiger partial charge in [-0.3, -0.25) is 4.79 Å². The molecule has 0 aliphatic carbocycles. The molecule has 0 spiro atoms. The zero-order valence-corrected chi connectivity index (χ0v) is 18.6. The largest absolute Gasteiger partial charge is 0.444 e. The molecule has 2 heterocycles. The highest BCUT2D eigenvalue weighted by atomic mass is 35.5. The van der Waals surface area contributed by atoms with Gasteiger partial charge in [-0.05, 0) is 39.3 Å². The number of hydrogen-bond acceptors (Lipinski definition) is 5. The van der Waals surface area contributed by atoms with Crippen LogP contribution in [-0.2, 0) is 9.53 Å². The van der Waals surface area contributed by atoms with E-state index in [0.29, 0.717) is 40.9 Å². The first-order valence-corrected chi connectivity index (χ1v) is 10.7. The Hall–Kier alpha value is -2.09. The average Bonchev–Trinajstić information content (AvgIpc) is 3.11. The van der Waals surface area contributed by atoms with E-state index in [4.69, 9.17) is 27.9 Å². The molecule has 1 N–H and O–H groups in total. The Bertz CT molecular complexity index is 966. The summed E-state index contributed by atoms with van der Waals surface area (Å²) in [5, 5.41) is 6.24. The zero-order valence-electron chi connectivity index (χ0n) is 16.3. The summed E-state index contributed by atoms with van der Waals surface area (Å²) >= 11 is 13.4. The number of halogens is 2. The SMILES string of the molecule is CC(C)(C)OC(=O)N1CC=C(C(=O)Nc2csc(-c3ccc(Cl)c(Cl)c3)n2)CC1. The van der Waals surface area contributed by atoms with E-state index in [0.717, 1.165) is 10.6 Å². The second-order valence-electron chi connectivity index (χ2n) is 7.53. The van der Waals surface area contributed by atoms with Gasteiger partial charge in [0.25, 0.3) is 5.91 Å². The molecule has 0 atom stereocenters. The maximum atomic E-state index is 12.5. The van der Waals surface area contributed by atoms with Crippen molar-refractivity contribution in [3.05, 3.63) is 45.3 Å². The summed E-state index contributed by atoms with van der Waals surface area (Å²) in [5.74, 6) is 0.247. The van der Waals surface area contributed by atoms with Crippen molar-refractivity contribution in [1.29, 1.82) is 0 Å². The van der Waals surface area contributed by atoms with Gasteiger partial charge in [0.15, 0.2) is 0 Å². The highest BCUT2D eigenvalue weighted by Crippen LogP contribution is 2.31. The third-order valence-corrected chi connectivity index (χ3v) is 5.70. The molecule has 0 bridgehead atoms.